The van der Waals surface area contributed by atoms with Crippen LogP contribution in [0.15, 0.2) is 54.6 Å². The fourth-order valence-electron chi connectivity index (χ4n) is 3.54. The van der Waals surface area contributed by atoms with Crippen LogP contribution < -0.4 is 15.4 Å². The Balaban J connectivity index is 1.42. The van der Waals surface area contributed by atoms with Gasteiger partial charge in [-0.25, -0.2) is 0 Å². The Morgan fingerprint density at radius 3 is 2.52 bits per heavy atom. The summed E-state index contributed by atoms with van der Waals surface area (Å²) < 4.78 is 5.95. The maximum absolute atomic E-state index is 12.2. The van der Waals surface area contributed by atoms with Crippen LogP contribution in [0.2, 0.25) is 0 Å². The van der Waals surface area contributed by atoms with Gasteiger partial charge in [-0.15, -0.1) is 0 Å². The quantitative estimate of drug-likeness (QED) is 0.640. The number of carbonyl (C=O) groups is 1. The maximum Gasteiger partial charge on any atom is 0.239 e. The minimum atomic E-state index is 0.0563. The zero-order chi connectivity index (χ0) is 18.7. The third-order valence-electron chi connectivity index (χ3n) is 5.01. The summed E-state index contributed by atoms with van der Waals surface area (Å²) in [4.78, 5) is 12.2. The lowest BCUT2D eigenvalue weighted by atomic mass is 9.95. The van der Waals surface area contributed by atoms with Crippen molar-refractivity contribution >= 4 is 11.6 Å². The number of benzene rings is 2. The van der Waals surface area contributed by atoms with Crippen LogP contribution in [-0.4, -0.2) is 25.1 Å². The minimum absolute atomic E-state index is 0.0563. The van der Waals surface area contributed by atoms with E-state index >= 15 is 0 Å². The lowest BCUT2D eigenvalue weighted by molar-refractivity contribution is -0.120. The molecule has 0 aliphatic heterocycles. The Morgan fingerprint density at radius 1 is 0.963 bits per heavy atom. The second-order valence-electron chi connectivity index (χ2n) is 7.19. The first-order valence-corrected chi connectivity index (χ1v) is 10.1. The van der Waals surface area contributed by atoms with Crippen LogP contribution in [-0.2, 0) is 11.2 Å². The number of para-hydroxylation sites is 2. The van der Waals surface area contributed by atoms with Crippen LogP contribution in [0, 0.1) is 0 Å². The zero-order valence-electron chi connectivity index (χ0n) is 16.0. The largest absolute Gasteiger partial charge is 0.491 e. The Bertz CT molecular complexity index is 697. The van der Waals surface area contributed by atoms with E-state index in [-0.39, 0.29) is 12.5 Å². The molecule has 1 aliphatic rings. The van der Waals surface area contributed by atoms with Crippen LogP contribution in [0.1, 0.15) is 44.1 Å². The van der Waals surface area contributed by atoms with Crippen molar-refractivity contribution in [3.8, 4) is 5.75 Å². The molecule has 0 unspecified atom stereocenters. The molecular weight excluding hydrogens is 336 g/mol. The standard InChI is InChI=1S/C23H30N2O2/c26-23(25-20-13-5-2-6-14-20)18-24-21-15-7-8-16-22(21)27-17-9-12-19-10-3-1-4-11-19/h1,3-4,7-8,10-11,15-16,20,24H,2,5-6,9,12-14,17-18H2,(H,25,26). The van der Waals surface area contributed by atoms with Crippen molar-refractivity contribution in [2.45, 2.75) is 51.0 Å². The number of anilines is 1. The molecule has 0 saturated heterocycles. The average molecular weight is 367 g/mol. The number of hydrogen-bond donors (Lipinski definition) is 2. The SMILES string of the molecule is O=C(CNc1ccccc1OCCCc1ccccc1)NC1CCCCC1. The Kier molecular flexibility index (Phi) is 7.57. The van der Waals surface area contributed by atoms with E-state index in [1.165, 1.54) is 24.8 Å². The van der Waals surface area contributed by atoms with Gasteiger partial charge in [0.05, 0.1) is 18.8 Å². The molecule has 0 heterocycles. The van der Waals surface area contributed by atoms with E-state index in [0.717, 1.165) is 37.1 Å². The number of ether oxygens (including phenoxy) is 1. The monoisotopic (exact) mass is 366 g/mol. The molecule has 0 spiro atoms. The van der Waals surface area contributed by atoms with Crippen LogP contribution in [0.3, 0.4) is 0 Å². The van der Waals surface area contributed by atoms with Gasteiger partial charge in [-0.3, -0.25) is 4.79 Å². The maximum atomic E-state index is 12.2. The molecular formula is C23H30N2O2. The topological polar surface area (TPSA) is 50.4 Å². The lowest BCUT2D eigenvalue weighted by Crippen LogP contribution is -2.39. The molecule has 4 nitrogen and oxygen atoms in total. The normalized spacial score (nSPS) is 14.5. The van der Waals surface area contributed by atoms with Gasteiger partial charge in [0.1, 0.15) is 5.75 Å². The zero-order valence-corrected chi connectivity index (χ0v) is 16.0. The van der Waals surface area contributed by atoms with E-state index in [0.29, 0.717) is 12.6 Å². The highest BCUT2D eigenvalue weighted by atomic mass is 16.5. The summed E-state index contributed by atoms with van der Waals surface area (Å²) in [5.74, 6) is 0.858. The van der Waals surface area contributed by atoms with Crippen LogP contribution in [0.5, 0.6) is 5.75 Å². The number of amides is 1. The summed E-state index contributed by atoms with van der Waals surface area (Å²) in [6.07, 6.45) is 7.90. The Morgan fingerprint density at radius 2 is 1.70 bits per heavy atom. The van der Waals surface area contributed by atoms with Crippen LogP contribution in [0.25, 0.3) is 0 Å². The van der Waals surface area contributed by atoms with E-state index in [9.17, 15) is 4.79 Å². The molecule has 1 fully saturated rings. The average Bonchev–Trinajstić information content (AvgIpc) is 2.72. The summed E-state index contributed by atoms with van der Waals surface area (Å²) in [7, 11) is 0. The molecule has 1 amide bonds. The van der Waals surface area contributed by atoms with Gasteiger partial charge in [0.2, 0.25) is 5.91 Å². The molecule has 144 valence electrons. The molecule has 2 aromatic rings. The summed E-state index contributed by atoms with van der Waals surface area (Å²) in [6, 6.07) is 18.6. The Labute approximate surface area is 162 Å². The van der Waals surface area contributed by atoms with Crippen molar-refractivity contribution in [3.63, 3.8) is 0 Å². The lowest BCUT2D eigenvalue weighted by Gasteiger charge is -2.23. The first-order valence-electron chi connectivity index (χ1n) is 10.1. The van der Waals surface area contributed by atoms with Crippen molar-refractivity contribution in [2.75, 3.05) is 18.5 Å². The van der Waals surface area contributed by atoms with Gasteiger partial charge in [0.25, 0.3) is 0 Å². The fourth-order valence-corrected chi connectivity index (χ4v) is 3.54. The molecule has 27 heavy (non-hydrogen) atoms. The third-order valence-corrected chi connectivity index (χ3v) is 5.01. The van der Waals surface area contributed by atoms with Gasteiger partial charge in [-0.05, 0) is 43.4 Å². The summed E-state index contributed by atoms with van der Waals surface area (Å²) in [5, 5.41) is 6.36. The third kappa shape index (κ3) is 6.63. The molecule has 0 bridgehead atoms. The van der Waals surface area contributed by atoms with E-state index in [1.54, 1.807) is 0 Å². The molecule has 3 rings (SSSR count). The number of rotatable bonds is 9. The molecule has 0 atom stereocenters. The second kappa shape index (κ2) is 10.6. The summed E-state index contributed by atoms with van der Waals surface area (Å²) in [6.45, 7) is 0.933. The van der Waals surface area contributed by atoms with Crippen molar-refractivity contribution in [1.29, 1.82) is 0 Å². The van der Waals surface area contributed by atoms with Crippen molar-refractivity contribution in [1.82, 2.24) is 5.32 Å². The van der Waals surface area contributed by atoms with Crippen molar-refractivity contribution in [3.05, 3.63) is 60.2 Å². The van der Waals surface area contributed by atoms with Gasteiger partial charge in [-0.2, -0.15) is 0 Å². The van der Waals surface area contributed by atoms with Crippen molar-refractivity contribution < 1.29 is 9.53 Å². The molecule has 2 aromatic carbocycles. The van der Waals surface area contributed by atoms with E-state index < -0.39 is 0 Å². The first kappa shape index (κ1) is 19.3. The molecule has 0 aromatic heterocycles. The highest BCUT2D eigenvalue weighted by Crippen LogP contribution is 2.24. The first-order chi connectivity index (χ1) is 13.3. The highest BCUT2D eigenvalue weighted by molar-refractivity contribution is 5.81. The highest BCUT2D eigenvalue weighted by Gasteiger charge is 2.15. The predicted molar refractivity (Wildman–Crippen MR) is 110 cm³/mol. The van der Waals surface area contributed by atoms with E-state index in [1.807, 2.05) is 30.3 Å². The van der Waals surface area contributed by atoms with Gasteiger partial charge in [-0.1, -0.05) is 61.7 Å². The smallest absolute Gasteiger partial charge is 0.239 e. The molecule has 2 N–H and O–H groups in total. The summed E-state index contributed by atoms with van der Waals surface area (Å²) >= 11 is 0. The summed E-state index contributed by atoms with van der Waals surface area (Å²) in [5.41, 5.74) is 2.20. The van der Waals surface area contributed by atoms with Gasteiger partial charge in [0, 0.05) is 6.04 Å². The molecule has 0 radical (unpaired) electrons. The predicted octanol–water partition coefficient (Wildman–Crippen LogP) is 4.56. The van der Waals surface area contributed by atoms with Crippen LogP contribution in [0.4, 0.5) is 5.69 Å². The van der Waals surface area contributed by atoms with E-state index in [2.05, 4.69) is 34.9 Å². The molecule has 4 heteroatoms. The number of hydrogen-bond acceptors (Lipinski definition) is 3. The number of carbonyl (C=O) groups excluding carboxylic acids is 1. The van der Waals surface area contributed by atoms with Crippen molar-refractivity contribution in [2.24, 2.45) is 0 Å². The second-order valence-corrected chi connectivity index (χ2v) is 7.19. The number of nitrogens with one attached hydrogen (secondary N) is 2. The minimum Gasteiger partial charge on any atom is -0.491 e. The van der Waals surface area contributed by atoms with Crippen LogP contribution >= 0.6 is 0 Å². The van der Waals surface area contributed by atoms with E-state index in [4.69, 9.17) is 4.74 Å². The van der Waals surface area contributed by atoms with Gasteiger partial charge >= 0.3 is 0 Å². The fraction of sp³-hybridized carbons (Fsp3) is 0.435. The Hall–Kier alpha value is -2.49. The molecule has 1 saturated carbocycles. The molecule has 1 aliphatic carbocycles. The van der Waals surface area contributed by atoms with Gasteiger partial charge < -0.3 is 15.4 Å². The van der Waals surface area contributed by atoms with Gasteiger partial charge in [0.15, 0.2) is 0 Å². The number of aryl methyl sites for hydroxylation is 1.